The molecule has 1 heterocycles. The highest BCUT2D eigenvalue weighted by atomic mass is 32.2. The zero-order valence-corrected chi connectivity index (χ0v) is 12.7. The van der Waals surface area contributed by atoms with Gasteiger partial charge in [-0.2, -0.15) is 0 Å². The number of carboxylic acid groups (broad SMARTS) is 1. The predicted octanol–water partition coefficient (Wildman–Crippen LogP) is 0.568. The number of aliphatic carboxylic acids is 1. The average molecular weight is 304 g/mol. The van der Waals surface area contributed by atoms with Crippen LogP contribution in [-0.4, -0.2) is 54.1 Å². The van der Waals surface area contributed by atoms with Gasteiger partial charge in [-0.25, -0.2) is 8.42 Å². The summed E-state index contributed by atoms with van der Waals surface area (Å²) in [6.45, 7) is 0.450. The third-order valence-corrected chi connectivity index (χ3v) is 6.11. The fraction of sp³-hybridized carbons (Fsp3) is 0.923. The van der Waals surface area contributed by atoms with Gasteiger partial charge >= 0.3 is 5.97 Å². The lowest BCUT2D eigenvalue weighted by atomic mass is 9.85. The largest absolute Gasteiger partial charge is 0.480 e. The van der Waals surface area contributed by atoms with Gasteiger partial charge in [0.05, 0.1) is 0 Å². The Bertz CT molecular complexity index is 473. The van der Waals surface area contributed by atoms with E-state index in [0.717, 1.165) is 25.7 Å². The summed E-state index contributed by atoms with van der Waals surface area (Å²) >= 11 is 0. The second-order valence-corrected chi connectivity index (χ2v) is 8.43. The van der Waals surface area contributed by atoms with Crippen molar-refractivity contribution < 1.29 is 18.3 Å². The summed E-state index contributed by atoms with van der Waals surface area (Å²) in [7, 11) is -3.35. The minimum atomic E-state index is -3.35. The number of carbonyl (C=O) groups is 1. The molecule has 1 saturated heterocycles. The predicted molar refractivity (Wildman–Crippen MR) is 76.0 cm³/mol. The van der Waals surface area contributed by atoms with Crippen molar-refractivity contribution in [1.82, 2.24) is 4.90 Å². The Morgan fingerprint density at radius 1 is 1.30 bits per heavy atom. The zero-order valence-electron chi connectivity index (χ0n) is 11.9. The van der Waals surface area contributed by atoms with Gasteiger partial charge in [0, 0.05) is 25.3 Å². The molecule has 20 heavy (non-hydrogen) atoms. The van der Waals surface area contributed by atoms with E-state index in [9.17, 15) is 18.3 Å². The molecule has 1 aliphatic heterocycles. The summed E-state index contributed by atoms with van der Waals surface area (Å²) in [6, 6.07) is 0.252. The fourth-order valence-corrected chi connectivity index (χ4v) is 4.80. The highest BCUT2D eigenvalue weighted by Gasteiger charge is 2.47. The highest BCUT2D eigenvalue weighted by molar-refractivity contribution is 7.91. The monoisotopic (exact) mass is 304 g/mol. The Balaban J connectivity index is 2.22. The number of hydrogen-bond acceptors (Lipinski definition) is 5. The number of hydrogen-bond donors (Lipinski definition) is 2. The third-order valence-electron chi connectivity index (χ3n) is 4.69. The number of nitrogens with zero attached hydrogens (tertiary/aromatic N) is 1. The van der Waals surface area contributed by atoms with Crippen molar-refractivity contribution >= 4 is 15.8 Å². The van der Waals surface area contributed by atoms with Crippen LogP contribution in [0.15, 0.2) is 0 Å². The maximum absolute atomic E-state index is 12.1. The first kappa shape index (κ1) is 15.7. The molecule has 0 radical (unpaired) electrons. The first-order chi connectivity index (χ1) is 9.24. The van der Waals surface area contributed by atoms with Gasteiger partial charge in [-0.05, 0) is 19.3 Å². The van der Waals surface area contributed by atoms with Gasteiger partial charge in [-0.3, -0.25) is 9.69 Å². The second-order valence-electron chi connectivity index (χ2n) is 6.23. The molecule has 0 spiro atoms. The Hall–Kier alpha value is -0.660. The molecular weight excluding hydrogens is 280 g/mol. The van der Waals surface area contributed by atoms with Gasteiger partial charge in [-0.1, -0.05) is 19.3 Å². The van der Waals surface area contributed by atoms with Crippen molar-refractivity contribution in [2.75, 3.05) is 12.8 Å². The summed E-state index contributed by atoms with van der Waals surface area (Å²) in [6.07, 6.45) is 6.90. The van der Waals surface area contributed by atoms with E-state index in [1.807, 2.05) is 4.90 Å². The summed E-state index contributed by atoms with van der Waals surface area (Å²) < 4.78 is 24.1. The fourth-order valence-electron chi connectivity index (χ4n) is 3.43. The smallest absolute Gasteiger partial charge is 0.323 e. The maximum Gasteiger partial charge on any atom is 0.323 e. The van der Waals surface area contributed by atoms with Gasteiger partial charge in [-0.15, -0.1) is 0 Å². The van der Waals surface area contributed by atoms with Crippen molar-refractivity contribution in [2.45, 2.75) is 61.9 Å². The van der Waals surface area contributed by atoms with E-state index in [2.05, 4.69) is 0 Å². The first-order valence-electron chi connectivity index (χ1n) is 7.21. The van der Waals surface area contributed by atoms with E-state index < -0.39 is 26.7 Å². The minimum absolute atomic E-state index is 0.0162. The van der Waals surface area contributed by atoms with Crippen LogP contribution in [-0.2, 0) is 14.6 Å². The van der Waals surface area contributed by atoms with Crippen LogP contribution in [0, 0.1) is 0 Å². The first-order valence-corrected chi connectivity index (χ1v) is 9.16. The summed E-state index contributed by atoms with van der Waals surface area (Å²) in [5.41, 5.74) is 4.47. The van der Waals surface area contributed by atoms with Crippen LogP contribution in [0.5, 0.6) is 0 Å². The molecule has 0 aromatic rings. The van der Waals surface area contributed by atoms with Crippen molar-refractivity contribution in [3.05, 3.63) is 0 Å². The second kappa shape index (κ2) is 5.61. The number of carboxylic acids is 1. The standard InChI is InChI=1S/C13H24N2O4S/c1-20(18,19)11-9-13(14,12(16)17)7-8-15(11)10-5-3-2-4-6-10/h10-11H,2-9,14H2,1H3,(H,16,17). The Morgan fingerprint density at radius 3 is 2.40 bits per heavy atom. The molecule has 0 aromatic heterocycles. The average Bonchev–Trinajstić information content (AvgIpc) is 2.38. The normalized spacial score (nSPS) is 34.0. The van der Waals surface area contributed by atoms with Crippen molar-refractivity contribution in [2.24, 2.45) is 5.73 Å². The lowest BCUT2D eigenvalue weighted by Crippen LogP contribution is -2.62. The molecule has 6 nitrogen and oxygen atoms in total. The number of rotatable bonds is 3. The molecule has 1 saturated carbocycles. The lowest BCUT2D eigenvalue weighted by Gasteiger charge is -2.46. The van der Waals surface area contributed by atoms with E-state index in [-0.39, 0.29) is 12.5 Å². The number of sulfone groups is 1. The van der Waals surface area contributed by atoms with Crippen LogP contribution in [0.2, 0.25) is 0 Å². The molecule has 116 valence electrons. The number of piperidine rings is 1. The van der Waals surface area contributed by atoms with Crippen LogP contribution in [0.4, 0.5) is 0 Å². The van der Waals surface area contributed by atoms with Gasteiger partial charge in [0.1, 0.15) is 10.9 Å². The van der Waals surface area contributed by atoms with E-state index in [4.69, 9.17) is 5.73 Å². The van der Waals surface area contributed by atoms with E-state index in [1.165, 1.54) is 12.7 Å². The Kier molecular flexibility index (Phi) is 4.41. The van der Waals surface area contributed by atoms with Gasteiger partial charge < -0.3 is 10.8 Å². The molecule has 3 N–H and O–H groups in total. The number of nitrogens with two attached hydrogens (primary N) is 1. The maximum atomic E-state index is 12.1. The molecule has 0 amide bonds. The van der Waals surface area contributed by atoms with E-state index in [1.54, 1.807) is 0 Å². The molecule has 2 atom stereocenters. The Labute approximate surface area is 120 Å². The van der Waals surface area contributed by atoms with Crippen LogP contribution in [0.1, 0.15) is 44.9 Å². The molecule has 7 heteroatoms. The van der Waals surface area contributed by atoms with Crippen molar-refractivity contribution in [1.29, 1.82) is 0 Å². The quantitative estimate of drug-likeness (QED) is 0.790. The van der Waals surface area contributed by atoms with E-state index >= 15 is 0 Å². The van der Waals surface area contributed by atoms with Gasteiger partial charge in [0.25, 0.3) is 0 Å². The third kappa shape index (κ3) is 3.15. The summed E-state index contributed by atoms with van der Waals surface area (Å²) in [5.74, 6) is -1.10. The number of likely N-dealkylation sites (tertiary alicyclic amines) is 1. The molecular formula is C13H24N2O4S. The van der Waals surface area contributed by atoms with Gasteiger partial charge in [0.15, 0.2) is 9.84 Å². The minimum Gasteiger partial charge on any atom is -0.480 e. The lowest BCUT2D eigenvalue weighted by molar-refractivity contribution is -0.145. The van der Waals surface area contributed by atoms with Crippen LogP contribution in [0.25, 0.3) is 0 Å². The van der Waals surface area contributed by atoms with Crippen LogP contribution < -0.4 is 5.73 Å². The summed E-state index contributed by atoms with van der Waals surface area (Å²) in [4.78, 5) is 13.3. The molecule has 0 aromatic carbocycles. The summed E-state index contributed by atoms with van der Waals surface area (Å²) in [5, 5.41) is 8.48. The molecule has 0 bridgehead atoms. The molecule has 2 unspecified atom stereocenters. The van der Waals surface area contributed by atoms with Crippen molar-refractivity contribution in [3.63, 3.8) is 0 Å². The Morgan fingerprint density at radius 2 is 1.90 bits per heavy atom. The van der Waals surface area contributed by atoms with Crippen molar-refractivity contribution in [3.8, 4) is 0 Å². The molecule has 2 aliphatic rings. The molecule has 2 rings (SSSR count). The van der Waals surface area contributed by atoms with Gasteiger partial charge in [0.2, 0.25) is 0 Å². The molecule has 2 fully saturated rings. The zero-order chi connectivity index (χ0) is 15.0. The van der Waals surface area contributed by atoms with Crippen LogP contribution >= 0.6 is 0 Å². The molecule has 1 aliphatic carbocycles. The van der Waals surface area contributed by atoms with Crippen LogP contribution in [0.3, 0.4) is 0 Å². The topological polar surface area (TPSA) is 101 Å². The SMILES string of the molecule is CS(=O)(=O)C1CC(N)(C(=O)O)CCN1C1CCCCC1. The van der Waals surface area contributed by atoms with E-state index in [0.29, 0.717) is 13.0 Å². The highest BCUT2D eigenvalue weighted by Crippen LogP contribution is 2.33.